The highest BCUT2D eigenvalue weighted by Crippen LogP contribution is 2.66. The fourth-order valence-electron chi connectivity index (χ4n) is 4.83. The number of piperazine rings is 1. The number of likely N-dealkylation sites (N-methyl/N-ethyl adjacent to an activating group) is 1. The van der Waals surface area contributed by atoms with Crippen molar-refractivity contribution in [3.63, 3.8) is 0 Å². The molecule has 2 aliphatic carbocycles. The van der Waals surface area contributed by atoms with Crippen LogP contribution in [0.4, 0.5) is 0 Å². The van der Waals surface area contributed by atoms with Crippen LogP contribution in [-0.2, 0) is 19.1 Å². The summed E-state index contributed by atoms with van der Waals surface area (Å²) in [6.07, 6.45) is 3.10. The van der Waals surface area contributed by atoms with E-state index in [0.29, 0.717) is 25.6 Å². The lowest BCUT2D eigenvalue weighted by Crippen LogP contribution is -2.55. The lowest BCUT2D eigenvalue weighted by Gasteiger charge is -2.39. The monoisotopic (exact) mass is 336 g/mol. The SMILES string of the molecule is CCN1CCN(CC(=O)O[C@@H]2C[C@H]3CC[C@@]2(C)C3(C)C)C(=O)C1=O. The Labute approximate surface area is 143 Å². The van der Waals surface area contributed by atoms with Crippen LogP contribution in [0.1, 0.15) is 47.0 Å². The molecule has 0 unspecified atom stereocenters. The van der Waals surface area contributed by atoms with E-state index in [4.69, 9.17) is 4.74 Å². The van der Waals surface area contributed by atoms with E-state index in [2.05, 4.69) is 20.8 Å². The molecule has 24 heavy (non-hydrogen) atoms. The molecule has 3 fully saturated rings. The predicted molar refractivity (Wildman–Crippen MR) is 87.9 cm³/mol. The summed E-state index contributed by atoms with van der Waals surface area (Å²) in [7, 11) is 0. The number of nitrogens with zero attached hydrogens (tertiary/aromatic N) is 2. The smallest absolute Gasteiger partial charge is 0.325 e. The van der Waals surface area contributed by atoms with Gasteiger partial charge in [-0.25, -0.2) is 0 Å². The number of rotatable bonds is 4. The zero-order valence-electron chi connectivity index (χ0n) is 15.1. The van der Waals surface area contributed by atoms with Crippen LogP contribution in [0.25, 0.3) is 0 Å². The number of fused-ring (bicyclic) bond motifs is 2. The van der Waals surface area contributed by atoms with Gasteiger partial charge in [0, 0.05) is 25.0 Å². The van der Waals surface area contributed by atoms with Crippen LogP contribution in [0.3, 0.4) is 0 Å². The summed E-state index contributed by atoms with van der Waals surface area (Å²) in [4.78, 5) is 39.2. The molecule has 1 aliphatic heterocycles. The maximum Gasteiger partial charge on any atom is 0.325 e. The van der Waals surface area contributed by atoms with Crippen molar-refractivity contribution < 1.29 is 19.1 Å². The highest BCUT2D eigenvalue weighted by atomic mass is 16.5. The van der Waals surface area contributed by atoms with E-state index in [1.54, 1.807) is 0 Å². The van der Waals surface area contributed by atoms with Gasteiger partial charge in [-0.05, 0) is 37.5 Å². The summed E-state index contributed by atoms with van der Waals surface area (Å²) in [5.41, 5.74) is 0.185. The van der Waals surface area contributed by atoms with E-state index < -0.39 is 17.8 Å². The second-order valence-corrected chi connectivity index (χ2v) is 8.20. The van der Waals surface area contributed by atoms with Gasteiger partial charge in [0.15, 0.2) is 0 Å². The largest absolute Gasteiger partial charge is 0.460 e. The van der Waals surface area contributed by atoms with Crippen molar-refractivity contribution in [1.82, 2.24) is 9.80 Å². The average Bonchev–Trinajstić information content (AvgIpc) is 2.85. The van der Waals surface area contributed by atoms with E-state index in [9.17, 15) is 14.4 Å². The van der Waals surface area contributed by atoms with Crippen LogP contribution >= 0.6 is 0 Å². The van der Waals surface area contributed by atoms with Gasteiger partial charge < -0.3 is 14.5 Å². The van der Waals surface area contributed by atoms with Gasteiger partial charge >= 0.3 is 17.8 Å². The number of hydrogen-bond donors (Lipinski definition) is 0. The summed E-state index contributed by atoms with van der Waals surface area (Å²) < 4.78 is 5.77. The Bertz CT molecular complexity index is 573. The minimum atomic E-state index is -0.598. The lowest BCUT2D eigenvalue weighted by atomic mass is 9.70. The third kappa shape index (κ3) is 2.42. The van der Waals surface area contributed by atoms with Gasteiger partial charge in [0.25, 0.3) is 0 Å². The molecular formula is C18H28N2O4. The van der Waals surface area contributed by atoms with Crippen LogP contribution in [0.15, 0.2) is 0 Å². The molecule has 2 bridgehead atoms. The van der Waals surface area contributed by atoms with Crippen molar-refractivity contribution in [3.8, 4) is 0 Å². The van der Waals surface area contributed by atoms with Crippen molar-refractivity contribution in [2.75, 3.05) is 26.2 Å². The zero-order chi connectivity index (χ0) is 17.7. The Morgan fingerprint density at radius 2 is 1.79 bits per heavy atom. The van der Waals surface area contributed by atoms with Crippen LogP contribution in [0, 0.1) is 16.7 Å². The molecule has 2 saturated carbocycles. The molecule has 0 aromatic rings. The first-order valence-corrected chi connectivity index (χ1v) is 8.98. The van der Waals surface area contributed by atoms with Crippen LogP contribution in [0.2, 0.25) is 0 Å². The Balaban J connectivity index is 1.60. The summed E-state index contributed by atoms with van der Waals surface area (Å²) >= 11 is 0. The van der Waals surface area contributed by atoms with E-state index in [1.165, 1.54) is 16.2 Å². The van der Waals surface area contributed by atoms with E-state index >= 15 is 0 Å². The second kappa shape index (κ2) is 5.74. The third-order valence-corrected chi connectivity index (χ3v) is 7.09. The Morgan fingerprint density at radius 3 is 2.33 bits per heavy atom. The van der Waals surface area contributed by atoms with Gasteiger partial charge in [-0.15, -0.1) is 0 Å². The van der Waals surface area contributed by atoms with E-state index in [1.807, 2.05) is 6.92 Å². The Morgan fingerprint density at radius 1 is 1.17 bits per heavy atom. The molecule has 1 heterocycles. The molecule has 6 heteroatoms. The van der Waals surface area contributed by atoms with Crippen molar-refractivity contribution in [3.05, 3.63) is 0 Å². The van der Waals surface area contributed by atoms with Crippen molar-refractivity contribution in [2.45, 2.75) is 53.1 Å². The number of esters is 1. The van der Waals surface area contributed by atoms with E-state index in [0.717, 1.165) is 12.8 Å². The second-order valence-electron chi connectivity index (χ2n) is 8.20. The van der Waals surface area contributed by atoms with Gasteiger partial charge in [0.1, 0.15) is 12.6 Å². The fourth-order valence-corrected chi connectivity index (χ4v) is 4.83. The molecule has 0 radical (unpaired) electrons. The Hall–Kier alpha value is -1.59. The topological polar surface area (TPSA) is 66.9 Å². The van der Waals surface area contributed by atoms with Crippen LogP contribution < -0.4 is 0 Å². The number of hydrogen-bond acceptors (Lipinski definition) is 4. The van der Waals surface area contributed by atoms with Crippen LogP contribution in [0.5, 0.6) is 0 Å². The number of carbonyl (C=O) groups is 3. The molecule has 2 amide bonds. The number of ether oxygens (including phenoxy) is 1. The average molecular weight is 336 g/mol. The maximum atomic E-state index is 12.4. The predicted octanol–water partition coefficient (Wildman–Crippen LogP) is 1.44. The molecule has 0 aromatic carbocycles. The normalized spacial score (nSPS) is 34.8. The van der Waals surface area contributed by atoms with Gasteiger partial charge in [-0.2, -0.15) is 0 Å². The molecule has 0 spiro atoms. The molecule has 3 aliphatic rings. The highest BCUT2D eigenvalue weighted by Gasteiger charge is 2.62. The summed E-state index contributed by atoms with van der Waals surface area (Å²) in [5.74, 6) is -0.920. The quantitative estimate of drug-likeness (QED) is 0.575. The summed E-state index contributed by atoms with van der Waals surface area (Å²) in [6.45, 7) is 9.85. The number of carbonyl (C=O) groups excluding carboxylic acids is 3. The van der Waals surface area contributed by atoms with Gasteiger partial charge in [0.2, 0.25) is 0 Å². The first kappa shape index (κ1) is 17.2. The summed E-state index contributed by atoms with van der Waals surface area (Å²) in [5, 5.41) is 0. The standard InChI is InChI=1S/C18H28N2O4/c1-5-19-8-9-20(16(23)15(19)22)11-14(21)24-13-10-12-6-7-18(13,4)17(12,2)3/h12-13H,5-11H2,1-4H3/t12-,13-,18-/m1/s1. The van der Waals surface area contributed by atoms with Gasteiger partial charge in [-0.1, -0.05) is 20.8 Å². The third-order valence-electron chi connectivity index (χ3n) is 7.09. The molecule has 134 valence electrons. The van der Waals surface area contributed by atoms with Crippen LogP contribution in [-0.4, -0.2) is 59.9 Å². The first-order chi connectivity index (χ1) is 11.2. The highest BCUT2D eigenvalue weighted by molar-refractivity contribution is 6.35. The van der Waals surface area contributed by atoms with Gasteiger partial charge in [0.05, 0.1) is 0 Å². The van der Waals surface area contributed by atoms with Gasteiger partial charge in [-0.3, -0.25) is 14.4 Å². The minimum Gasteiger partial charge on any atom is -0.460 e. The van der Waals surface area contributed by atoms with Crippen molar-refractivity contribution >= 4 is 17.8 Å². The zero-order valence-corrected chi connectivity index (χ0v) is 15.1. The lowest BCUT2D eigenvalue weighted by molar-refractivity contribution is -0.165. The van der Waals surface area contributed by atoms with Crippen molar-refractivity contribution in [2.24, 2.45) is 16.7 Å². The summed E-state index contributed by atoms with van der Waals surface area (Å²) in [6, 6.07) is 0. The molecule has 1 saturated heterocycles. The molecule has 3 atom stereocenters. The maximum absolute atomic E-state index is 12.4. The van der Waals surface area contributed by atoms with E-state index in [-0.39, 0.29) is 23.5 Å². The number of amides is 2. The minimum absolute atomic E-state index is 0.00800. The molecule has 0 N–H and O–H groups in total. The van der Waals surface area contributed by atoms with Crippen molar-refractivity contribution in [1.29, 1.82) is 0 Å². The fraction of sp³-hybridized carbons (Fsp3) is 0.833. The molecular weight excluding hydrogens is 308 g/mol. The molecule has 0 aromatic heterocycles. The first-order valence-electron chi connectivity index (χ1n) is 8.98. The molecule has 6 nitrogen and oxygen atoms in total. The Kier molecular flexibility index (Phi) is 4.12. The molecule has 3 rings (SSSR count).